The number of hydrogen-bond donors (Lipinski definition) is 0. The van der Waals surface area contributed by atoms with Crippen LogP contribution in [0.2, 0.25) is 0 Å². The standard InChI is InChI=1S/C26H26FN3O4S2/c1-3-30(20-9-6-5-7-10-20)36(32,33)21-15-13-19(14-16-21)25(31)28-26-29(17-18-34-4-2)24-22(27)11-8-12-23(24)35-26/h5-16H,3-4,17-18H2,1-2H3. The van der Waals surface area contributed by atoms with Crippen molar-refractivity contribution in [2.45, 2.75) is 25.3 Å². The highest BCUT2D eigenvalue weighted by molar-refractivity contribution is 7.92. The molecule has 188 valence electrons. The maximum atomic E-state index is 14.6. The van der Waals surface area contributed by atoms with Gasteiger partial charge < -0.3 is 9.30 Å². The molecule has 0 spiro atoms. The molecule has 0 aliphatic carbocycles. The zero-order chi connectivity index (χ0) is 25.7. The van der Waals surface area contributed by atoms with E-state index in [-0.39, 0.29) is 17.0 Å². The Kier molecular flexibility index (Phi) is 7.97. The number of carbonyl (C=O) groups is 1. The molecule has 0 fully saturated rings. The molecule has 0 bridgehead atoms. The van der Waals surface area contributed by atoms with Gasteiger partial charge in [-0.1, -0.05) is 35.6 Å². The summed E-state index contributed by atoms with van der Waals surface area (Å²) in [6.45, 7) is 5.09. The molecule has 4 rings (SSSR count). The lowest BCUT2D eigenvalue weighted by Gasteiger charge is -2.22. The minimum absolute atomic E-state index is 0.0699. The quantitative estimate of drug-likeness (QED) is 0.292. The van der Waals surface area contributed by atoms with Gasteiger partial charge in [-0.3, -0.25) is 9.10 Å². The van der Waals surface area contributed by atoms with Crippen LogP contribution in [-0.2, 0) is 21.3 Å². The molecule has 36 heavy (non-hydrogen) atoms. The second kappa shape index (κ2) is 11.2. The van der Waals surface area contributed by atoms with Crippen LogP contribution in [0, 0.1) is 5.82 Å². The maximum absolute atomic E-state index is 14.6. The summed E-state index contributed by atoms with van der Waals surface area (Å²) >= 11 is 1.21. The second-order valence-corrected chi connectivity index (χ2v) is 10.6. The first kappa shape index (κ1) is 25.7. The first-order chi connectivity index (χ1) is 17.4. The lowest BCUT2D eigenvalue weighted by molar-refractivity contribution is 0.0996. The first-order valence-electron chi connectivity index (χ1n) is 11.5. The van der Waals surface area contributed by atoms with Gasteiger partial charge in [0.2, 0.25) is 0 Å². The number of ether oxygens (including phenoxy) is 1. The number of hydrogen-bond acceptors (Lipinski definition) is 5. The minimum atomic E-state index is -3.81. The van der Waals surface area contributed by atoms with E-state index in [9.17, 15) is 17.6 Å². The monoisotopic (exact) mass is 527 g/mol. The van der Waals surface area contributed by atoms with Gasteiger partial charge in [-0.2, -0.15) is 4.99 Å². The molecule has 0 radical (unpaired) electrons. The molecule has 0 N–H and O–H groups in total. The van der Waals surface area contributed by atoms with Crippen molar-refractivity contribution in [1.29, 1.82) is 0 Å². The number of aromatic nitrogens is 1. The molecule has 1 amide bonds. The Hall–Kier alpha value is -3.34. The first-order valence-corrected chi connectivity index (χ1v) is 13.7. The Morgan fingerprint density at radius 2 is 1.75 bits per heavy atom. The summed E-state index contributed by atoms with van der Waals surface area (Å²) in [5.41, 5.74) is 1.16. The van der Waals surface area contributed by atoms with Gasteiger partial charge in [0, 0.05) is 25.3 Å². The van der Waals surface area contributed by atoms with Crippen LogP contribution in [0.1, 0.15) is 24.2 Å². The zero-order valence-electron chi connectivity index (χ0n) is 19.9. The number of anilines is 1. The zero-order valence-corrected chi connectivity index (χ0v) is 21.6. The number of thiazole rings is 1. The van der Waals surface area contributed by atoms with E-state index in [0.717, 1.165) is 0 Å². The highest BCUT2D eigenvalue weighted by Gasteiger charge is 2.23. The number of para-hydroxylation sites is 2. The fourth-order valence-electron chi connectivity index (χ4n) is 3.81. The molecule has 0 saturated heterocycles. The molecular weight excluding hydrogens is 501 g/mol. The minimum Gasteiger partial charge on any atom is -0.380 e. The van der Waals surface area contributed by atoms with Gasteiger partial charge in [-0.25, -0.2) is 12.8 Å². The fourth-order valence-corrected chi connectivity index (χ4v) is 6.36. The molecule has 4 aromatic rings. The summed E-state index contributed by atoms with van der Waals surface area (Å²) in [5.74, 6) is -0.950. The van der Waals surface area contributed by atoms with Crippen LogP contribution in [-0.4, -0.2) is 38.7 Å². The highest BCUT2D eigenvalue weighted by atomic mass is 32.2. The van der Waals surface area contributed by atoms with Crippen LogP contribution in [0.5, 0.6) is 0 Å². The summed E-state index contributed by atoms with van der Waals surface area (Å²) in [5, 5.41) is 0. The van der Waals surface area contributed by atoms with Crippen molar-refractivity contribution >= 4 is 43.2 Å². The Balaban J connectivity index is 1.66. The van der Waals surface area contributed by atoms with Crippen LogP contribution in [0.4, 0.5) is 10.1 Å². The van der Waals surface area contributed by atoms with E-state index in [1.165, 1.54) is 46.0 Å². The SMILES string of the molecule is CCOCCn1c(=NC(=O)c2ccc(S(=O)(=O)N(CC)c3ccccc3)cc2)sc2cccc(F)c21. The fraction of sp³-hybridized carbons (Fsp3) is 0.231. The van der Waals surface area contributed by atoms with Gasteiger partial charge in [-0.05, 0) is 62.4 Å². The van der Waals surface area contributed by atoms with E-state index >= 15 is 0 Å². The third kappa shape index (κ3) is 5.25. The summed E-state index contributed by atoms with van der Waals surface area (Å²) < 4.78 is 50.0. The Labute approximate surface area is 213 Å². The molecule has 3 aromatic carbocycles. The van der Waals surface area contributed by atoms with Gasteiger partial charge in [0.25, 0.3) is 15.9 Å². The van der Waals surface area contributed by atoms with Gasteiger partial charge in [0.1, 0.15) is 5.82 Å². The molecule has 7 nitrogen and oxygen atoms in total. The predicted molar refractivity (Wildman–Crippen MR) is 139 cm³/mol. The van der Waals surface area contributed by atoms with Gasteiger partial charge in [0.05, 0.1) is 27.4 Å². The van der Waals surface area contributed by atoms with Crippen LogP contribution in [0.25, 0.3) is 10.2 Å². The van der Waals surface area contributed by atoms with Crippen molar-refractivity contribution in [2.75, 3.05) is 24.1 Å². The normalized spacial score (nSPS) is 12.2. The summed E-state index contributed by atoms with van der Waals surface area (Å²) in [6, 6.07) is 19.3. The number of nitrogens with zero attached hydrogens (tertiary/aromatic N) is 3. The second-order valence-electron chi connectivity index (χ2n) is 7.77. The molecule has 0 aliphatic heterocycles. The van der Waals surface area contributed by atoms with Crippen LogP contribution in [0.15, 0.2) is 82.7 Å². The predicted octanol–water partition coefficient (Wildman–Crippen LogP) is 4.83. The van der Waals surface area contributed by atoms with Crippen LogP contribution < -0.4 is 9.11 Å². The number of amides is 1. The van der Waals surface area contributed by atoms with E-state index in [1.54, 1.807) is 47.9 Å². The molecule has 0 saturated carbocycles. The lowest BCUT2D eigenvalue weighted by atomic mass is 10.2. The van der Waals surface area contributed by atoms with Gasteiger partial charge >= 0.3 is 0 Å². The van der Waals surface area contributed by atoms with E-state index in [2.05, 4.69) is 4.99 Å². The molecule has 0 unspecified atom stereocenters. The average molecular weight is 528 g/mol. The molecule has 1 heterocycles. The van der Waals surface area contributed by atoms with E-state index < -0.39 is 21.7 Å². The number of fused-ring (bicyclic) bond motifs is 1. The molecule has 1 aromatic heterocycles. The lowest BCUT2D eigenvalue weighted by Crippen LogP contribution is -2.30. The van der Waals surface area contributed by atoms with E-state index in [1.807, 2.05) is 13.0 Å². The smallest absolute Gasteiger partial charge is 0.279 e. The van der Waals surface area contributed by atoms with Crippen molar-refractivity contribution in [3.63, 3.8) is 0 Å². The van der Waals surface area contributed by atoms with Crippen molar-refractivity contribution in [3.8, 4) is 0 Å². The number of benzene rings is 3. The third-order valence-electron chi connectivity index (χ3n) is 5.53. The van der Waals surface area contributed by atoms with E-state index in [4.69, 9.17) is 4.74 Å². The Morgan fingerprint density at radius 1 is 1.03 bits per heavy atom. The third-order valence-corrected chi connectivity index (χ3v) is 8.49. The van der Waals surface area contributed by atoms with Crippen molar-refractivity contribution in [3.05, 3.63) is 89.0 Å². The molecule has 0 aliphatic rings. The summed E-state index contributed by atoms with van der Waals surface area (Å²) in [6.07, 6.45) is 0. The molecule has 10 heteroatoms. The van der Waals surface area contributed by atoms with Crippen LogP contribution >= 0.6 is 11.3 Å². The number of rotatable bonds is 9. The van der Waals surface area contributed by atoms with Gasteiger partial charge in [-0.15, -0.1) is 0 Å². The highest BCUT2D eigenvalue weighted by Crippen LogP contribution is 2.24. The van der Waals surface area contributed by atoms with Crippen molar-refractivity contribution < 1.29 is 22.3 Å². The molecule has 0 atom stereocenters. The average Bonchev–Trinajstić information content (AvgIpc) is 3.23. The number of sulfonamides is 1. The summed E-state index contributed by atoms with van der Waals surface area (Å²) in [4.78, 5) is 17.6. The summed E-state index contributed by atoms with van der Waals surface area (Å²) in [7, 11) is -3.81. The number of carbonyl (C=O) groups excluding carboxylic acids is 1. The number of halogens is 1. The van der Waals surface area contributed by atoms with Crippen molar-refractivity contribution in [2.24, 2.45) is 4.99 Å². The maximum Gasteiger partial charge on any atom is 0.279 e. The van der Waals surface area contributed by atoms with Crippen LogP contribution in [0.3, 0.4) is 0 Å². The Bertz CT molecular complexity index is 1530. The van der Waals surface area contributed by atoms with E-state index in [0.29, 0.717) is 40.5 Å². The van der Waals surface area contributed by atoms with Gasteiger partial charge in [0.15, 0.2) is 4.80 Å². The topological polar surface area (TPSA) is 81.0 Å². The largest absolute Gasteiger partial charge is 0.380 e. The van der Waals surface area contributed by atoms with Crippen molar-refractivity contribution in [1.82, 2.24) is 4.57 Å². The molecular formula is C26H26FN3O4S2. The Morgan fingerprint density at radius 3 is 2.42 bits per heavy atom.